The smallest absolute Gasteiger partial charge is 0.350 e. The lowest BCUT2D eigenvalue weighted by molar-refractivity contribution is 0.0478. The zero-order valence-electron chi connectivity index (χ0n) is 12.3. The van der Waals surface area contributed by atoms with Gasteiger partial charge in [0.1, 0.15) is 23.6 Å². The predicted octanol–water partition coefficient (Wildman–Crippen LogP) is 2.96. The molecule has 0 unspecified atom stereocenters. The first-order valence-corrected chi connectivity index (χ1v) is 8.17. The average Bonchev–Trinajstić information content (AvgIpc) is 3.09. The molecule has 1 fully saturated rings. The average molecular weight is 326 g/mol. The van der Waals surface area contributed by atoms with Crippen LogP contribution in [0.4, 0.5) is 0 Å². The van der Waals surface area contributed by atoms with Gasteiger partial charge in [0.25, 0.3) is 0 Å². The fraction of sp³-hybridized carbons (Fsp3) is 0.250. The van der Waals surface area contributed by atoms with Crippen molar-refractivity contribution in [1.29, 1.82) is 0 Å². The standard InChI is InChI=1S/C16H14N4O2S/c21-16(13-8-19-15(23-13)12-1-2-12)22-9-11-3-4-18-14(7-11)20-6-5-17-10-20/h3-8,10,12H,1-2,9H2. The Kier molecular flexibility index (Phi) is 3.63. The topological polar surface area (TPSA) is 69.9 Å². The Bertz CT molecular complexity index is 824. The van der Waals surface area contributed by atoms with Gasteiger partial charge in [-0.15, -0.1) is 11.3 Å². The van der Waals surface area contributed by atoms with E-state index in [1.165, 1.54) is 24.2 Å². The number of carbonyl (C=O) groups excluding carboxylic acids is 1. The van der Waals surface area contributed by atoms with E-state index < -0.39 is 0 Å². The highest BCUT2D eigenvalue weighted by molar-refractivity contribution is 7.13. The number of imidazole rings is 1. The summed E-state index contributed by atoms with van der Waals surface area (Å²) in [7, 11) is 0. The van der Waals surface area contributed by atoms with Crippen LogP contribution in [0.3, 0.4) is 0 Å². The molecule has 0 atom stereocenters. The minimum absolute atomic E-state index is 0.208. The molecule has 116 valence electrons. The highest BCUT2D eigenvalue weighted by atomic mass is 32.1. The Hall–Kier alpha value is -2.54. The zero-order chi connectivity index (χ0) is 15.6. The van der Waals surface area contributed by atoms with Gasteiger partial charge in [0.15, 0.2) is 0 Å². The van der Waals surface area contributed by atoms with Crippen LogP contribution >= 0.6 is 11.3 Å². The third-order valence-electron chi connectivity index (χ3n) is 3.60. The molecule has 7 heteroatoms. The van der Waals surface area contributed by atoms with Crippen molar-refractivity contribution in [2.45, 2.75) is 25.4 Å². The Morgan fingerprint density at radius 3 is 3.04 bits per heavy atom. The number of esters is 1. The second-order valence-electron chi connectivity index (χ2n) is 5.41. The molecule has 3 aromatic rings. The minimum Gasteiger partial charge on any atom is -0.457 e. The lowest BCUT2D eigenvalue weighted by atomic mass is 10.3. The highest BCUT2D eigenvalue weighted by Crippen LogP contribution is 2.41. The molecule has 0 saturated heterocycles. The molecule has 3 heterocycles. The molecule has 4 rings (SSSR count). The van der Waals surface area contributed by atoms with Gasteiger partial charge in [-0.2, -0.15) is 0 Å². The summed E-state index contributed by atoms with van der Waals surface area (Å²) in [6, 6.07) is 3.70. The van der Waals surface area contributed by atoms with Gasteiger partial charge >= 0.3 is 5.97 Å². The third kappa shape index (κ3) is 3.14. The van der Waals surface area contributed by atoms with E-state index in [1.807, 2.05) is 18.3 Å². The van der Waals surface area contributed by atoms with Gasteiger partial charge in [0.2, 0.25) is 0 Å². The SMILES string of the molecule is O=C(OCc1ccnc(-n2ccnc2)c1)c1cnc(C2CC2)s1. The molecule has 0 N–H and O–H groups in total. The van der Waals surface area contributed by atoms with E-state index in [2.05, 4.69) is 15.0 Å². The lowest BCUT2D eigenvalue weighted by Crippen LogP contribution is -2.04. The van der Waals surface area contributed by atoms with Gasteiger partial charge in [-0.05, 0) is 30.5 Å². The van der Waals surface area contributed by atoms with Gasteiger partial charge in [0, 0.05) is 24.5 Å². The molecule has 23 heavy (non-hydrogen) atoms. The van der Waals surface area contributed by atoms with Crippen molar-refractivity contribution < 1.29 is 9.53 Å². The van der Waals surface area contributed by atoms with Gasteiger partial charge in [-0.1, -0.05) is 0 Å². The van der Waals surface area contributed by atoms with E-state index in [1.54, 1.807) is 29.5 Å². The first kappa shape index (κ1) is 14.1. The van der Waals surface area contributed by atoms with Crippen LogP contribution in [0.15, 0.2) is 43.2 Å². The molecule has 0 radical (unpaired) electrons. The first-order valence-electron chi connectivity index (χ1n) is 7.36. The Labute approximate surface area is 136 Å². The predicted molar refractivity (Wildman–Crippen MR) is 84.6 cm³/mol. The summed E-state index contributed by atoms with van der Waals surface area (Å²) >= 11 is 1.44. The fourth-order valence-corrected chi connectivity index (χ4v) is 3.19. The maximum atomic E-state index is 12.1. The molecular formula is C16H14N4O2S. The number of carbonyl (C=O) groups is 1. The van der Waals surface area contributed by atoms with Gasteiger partial charge in [-0.3, -0.25) is 4.57 Å². The van der Waals surface area contributed by atoms with E-state index in [0.29, 0.717) is 10.8 Å². The summed E-state index contributed by atoms with van der Waals surface area (Å²) in [5.41, 5.74) is 0.879. The second kappa shape index (κ2) is 5.92. The van der Waals surface area contributed by atoms with E-state index in [-0.39, 0.29) is 12.6 Å². The molecule has 0 aromatic carbocycles. The normalized spacial score (nSPS) is 13.9. The van der Waals surface area contributed by atoms with Gasteiger partial charge in [0.05, 0.1) is 11.2 Å². The summed E-state index contributed by atoms with van der Waals surface area (Å²) in [6.07, 6.45) is 10.8. The number of rotatable bonds is 5. The third-order valence-corrected chi connectivity index (χ3v) is 4.74. The summed E-state index contributed by atoms with van der Waals surface area (Å²) in [5.74, 6) is 0.972. The van der Waals surface area contributed by atoms with E-state index >= 15 is 0 Å². The zero-order valence-corrected chi connectivity index (χ0v) is 13.1. The summed E-state index contributed by atoms with van der Waals surface area (Å²) in [4.78, 5) is 25.2. The molecule has 0 spiro atoms. The van der Waals surface area contributed by atoms with Crippen LogP contribution in [-0.2, 0) is 11.3 Å². The van der Waals surface area contributed by atoms with Crippen LogP contribution in [0.2, 0.25) is 0 Å². The molecule has 0 aliphatic heterocycles. The molecule has 0 bridgehead atoms. The number of ether oxygens (including phenoxy) is 1. The second-order valence-corrected chi connectivity index (χ2v) is 6.47. The van der Waals surface area contributed by atoms with Crippen molar-refractivity contribution in [2.75, 3.05) is 0 Å². The van der Waals surface area contributed by atoms with Crippen molar-refractivity contribution in [1.82, 2.24) is 19.5 Å². The number of hydrogen-bond acceptors (Lipinski definition) is 6. The number of aromatic nitrogens is 4. The van der Waals surface area contributed by atoms with Crippen molar-refractivity contribution in [2.24, 2.45) is 0 Å². The fourth-order valence-electron chi connectivity index (χ4n) is 2.21. The molecule has 0 amide bonds. The quantitative estimate of drug-likeness (QED) is 0.674. The van der Waals surface area contributed by atoms with Crippen LogP contribution in [0.1, 0.15) is 39.0 Å². The van der Waals surface area contributed by atoms with Crippen LogP contribution in [0.25, 0.3) is 5.82 Å². The number of thiazole rings is 1. The van der Waals surface area contributed by atoms with Crippen LogP contribution < -0.4 is 0 Å². The molecule has 3 aromatic heterocycles. The Morgan fingerprint density at radius 2 is 2.26 bits per heavy atom. The Balaban J connectivity index is 1.42. The van der Waals surface area contributed by atoms with Crippen LogP contribution in [0.5, 0.6) is 0 Å². The maximum absolute atomic E-state index is 12.1. The van der Waals surface area contributed by atoms with Gasteiger partial charge in [-0.25, -0.2) is 19.7 Å². The lowest BCUT2D eigenvalue weighted by Gasteiger charge is -2.06. The molecular weight excluding hydrogens is 312 g/mol. The van der Waals surface area contributed by atoms with Crippen molar-refractivity contribution >= 4 is 17.3 Å². The number of nitrogens with zero attached hydrogens (tertiary/aromatic N) is 4. The molecule has 1 aliphatic rings. The summed E-state index contributed by atoms with van der Waals surface area (Å²) in [6.45, 7) is 0.208. The van der Waals surface area contributed by atoms with Crippen molar-refractivity contribution in [3.63, 3.8) is 0 Å². The largest absolute Gasteiger partial charge is 0.457 e. The maximum Gasteiger partial charge on any atom is 0.350 e. The van der Waals surface area contributed by atoms with Crippen LogP contribution in [-0.4, -0.2) is 25.5 Å². The van der Waals surface area contributed by atoms with Crippen LogP contribution in [0, 0.1) is 0 Å². The highest BCUT2D eigenvalue weighted by Gasteiger charge is 2.27. The molecule has 6 nitrogen and oxygen atoms in total. The Morgan fingerprint density at radius 1 is 1.35 bits per heavy atom. The molecule has 1 saturated carbocycles. The van der Waals surface area contributed by atoms with E-state index in [0.717, 1.165) is 16.4 Å². The van der Waals surface area contributed by atoms with Crippen molar-refractivity contribution in [3.8, 4) is 5.82 Å². The summed E-state index contributed by atoms with van der Waals surface area (Å²) < 4.78 is 7.18. The van der Waals surface area contributed by atoms with E-state index in [4.69, 9.17) is 4.74 Å². The minimum atomic E-state index is -0.324. The summed E-state index contributed by atoms with van der Waals surface area (Å²) in [5, 5.41) is 1.04. The number of pyridine rings is 1. The number of hydrogen-bond donors (Lipinski definition) is 0. The molecule has 1 aliphatic carbocycles. The van der Waals surface area contributed by atoms with Gasteiger partial charge < -0.3 is 4.74 Å². The van der Waals surface area contributed by atoms with Crippen molar-refractivity contribution in [3.05, 3.63) is 58.7 Å². The van der Waals surface area contributed by atoms with E-state index in [9.17, 15) is 4.79 Å². The first-order chi connectivity index (χ1) is 11.3. The monoisotopic (exact) mass is 326 g/mol.